The second-order valence-electron chi connectivity index (χ2n) is 4.92. The number of nitrogens with zero attached hydrogens (tertiary/aromatic N) is 2. The number of rotatable bonds is 3. The largest absolute Gasteiger partial charge is 0.392 e. The van der Waals surface area contributed by atoms with E-state index in [2.05, 4.69) is 16.7 Å². The van der Waals surface area contributed by atoms with Crippen LogP contribution in [0, 0.1) is 0 Å². The zero-order valence-electron chi connectivity index (χ0n) is 9.32. The van der Waals surface area contributed by atoms with Crippen molar-refractivity contribution in [3.05, 3.63) is 0 Å². The van der Waals surface area contributed by atoms with Gasteiger partial charge in [-0.05, 0) is 26.7 Å². The van der Waals surface area contributed by atoms with Crippen molar-refractivity contribution < 1.29 is 5.11 Å². The Bertz CT molecular complexity index is 192. The molecule has 82 valence electrons. The molecule has 2 unspecified atom stereocenters. The maximum Gasteiger partial charge on any atom is 0.0639 e. The standard InChI is InChI=1S/C11H22N2O/c1-9-7-13(11-3-4-11)6-5-12(9)8-10(2)14/h9-11,14H,3-8H2,1-2H3. The molecule has 1 aliphatic heterocycles. The summed E-state index contributed by atoms with van der Waals surface area (Å²) >= 11 is 0. The van der Waals surface area contributed by atoms with Gasteiger partial charge in [0.15, 0.2) is 0 Å². The van der Waals surface area contributed by atoms with Crippen LogP contribution in [-0.4, -0.2) is 59.3 Å². The number of hydrogen-bond acceptors (Lipinski definition) is 3. The fraction of sp³-hybridized carbons (Fsp3) is 1.00. The van der Waals surface area contributed by atoms with Gasteiger partial charge in [-0.25, -0.2) is 0 Å². The molecule has 3 heteroatoms. The van der Waals surface area contributed by atoms with Crippen LogP contribution in [0.25, 0.3) is 0 Å². The maximum absolute atomic E-state index is 9.35. The summed E-state index contributed by atoms with van der Waals surface area (Å²) in [5, 5.41) is 9.35. The smallest absolute Gasteiger partial charge is 0.0639 e. The van der Waals surface area contributed by atoms with Crippen molar-refractivity contribution in [2.75, 3.05) is 26.2 Å². The lowest BCUT2D eigenvalue weighted by molar-refractivity contribution is 0.0422. The minimum atomic E-state index is -0.190. The van der Waals surface area contributed by atoms with E-state index in [9.17, 15) is 5.11 Å². The van der Waals surface area contributed by atoms with Gasteiger partial charge in [0.1, 0.15) is 0 Å². The molecule has 0 aromatic carbocycles. The molecule has 2 aliphatic rings. The molecule has 0 aromatic rings. The van der Waals surface area contributed by atoms with Gasteiger partial charge < -0.3 is 5.11 Å². The van der Waals surface area contributed by atoms with Crippen LogP contribution in [0.3, 0.4) is 0 Å². The van der Waals surface area contributed by atoms with E-state index in [0.29, 0.717) is 6.04 Å². The topological polar surface area (TPSA) is 26.7 Å². The highest BCUT2D eigenvalue weighted by Gasteiger charge is 2.33. The predicted octanol–water partition coefficient (Wildman–Crippen LogP) is 0.536. The highest BCUT2D eigenvalue weighted by Crippen LogP contribution is 2.28. The number of piperazine rings is 1. The van der Waals surface area contributed by atoms with Crippen LogP contribution >= 0.6 is 0 Å². The Morgan fingerprint density at radius 1 is 1.36 bits per heavy atom. The fourth-order valence-electron chi connectivity index (χ4n) is 2.41. The molecule has 0 spiro atoms. The summed E-state index contributed by atoms with van der Waals surface area (Å²) in [6, 6.07) is 1.50. The lowest BCUT2D eigenvalue weighted by Gasteiger charge is -2.40. The van der Waals surface area contributed by atoms with Crippen molar-refractivity contribution in [1.82, 2.24) is 9.80 Å². The molecule has 2 fully saturated rings. The van der Waals surface area contributed by atoms with Crippen LogP contribution in [-0.2, 0) is 0 Å². The Hall–Kier alpha value is -0.120. The second kappa shape index (κ2) is 4.17. The van der Waals surface area contributed by atoms with Crippen LogP contribution in [0.5, 0.6) is 0 Å². The summed E-state index contributed by atoms with van der Waals surface area (Å²) in [5.41, 5.74) is 0. The third kappa shape index (κ3) is 2.47. The SMILES string of the molecule is CC(O)CN1CCN(C2CC2)CC1C. The van der Waals surface area contributed by atoms with E-state index in [1.165, 1.54) is 25.9 Å². The number of hydrogen-bond donors (Lipinski definition) is 1. The van der Waals surface area contributed by atoms with Gasteiger partial charge >= 0.3 is 0 Å². The lowest BCUT2D eigenvalue weighted by Crippen LogP contribution is -2.53. The van der Waals surface area contributed by atoms with Crippen LogP contribution in [0.1, 0.15) is 26.7 Å². The normalized spacial score (nSPS) is 33.2. The molecule has 0 radical (unpaired) electrons. The second-order valence-corrected chi connectivity index (χ2v) is 4.92. The van der Waals surface area contributed by atoms with Gasteiger partial charge in [0.25, 0.3) is 0 Å². The van der Waals surface area contributed by atoms with Gasteiger partial charge in [0, 0.05) is 38.3 Å². The Labute approximate surface area is 86.7 Å². The Morgan fingerprint density at radius 2 is 2.07 bits per heavy atom. The van der Waals surface area contributed by atoms with E-state index in [-0.39, 0.29) is 6.10 Å². The molecule has 2 rings (SSSR count). The molecule has 0 bridgehead atoms. The zero-order valence-corrected chi connectivity index (χ0v) is 9.32. The van der Waals surface area contributed by atoms with E-state index in [1.807, 2.05) is 6.92 Å². The maximum atomic E-state index is 9.35. The van der Waals surface area contributed by atoms with Crippen molar-refractivity contribution in [2.45, 2.75) is 44.9 Å². The van der Waals surface area contributed by atoms with Crippen LogP contribution in [0.2, 0.25) is 0 Å². The summed E-state index contributed by atoms with van der Waals surface area (Å²) in [5.74, 6) is 0. The van der Waals surface area contributed by atoms with E-state index in [1.54, 1.807) is 0 Å². The van der Waals surface area contributed by atoms with Gasteiger partial charge in [-0.1, -0.05) is 0 Å². The van der Waals surface area contributed by atoms with Gasteiger partial charge in [0.2, 0.25) is 0 Å². The van der Waals surface area contributed by atoms with E-state index >= 15 is 0 Å². The molecule has 0 amide bonds. The first-order chi connectivity index (χ1) is 6.66. The first-order valence-corrected chi connectivity index (χ1v) is 5.83. The molecule has 1 saturated heterocycles. The molecular weight excluding hydrogens is 176 g/mol. The number of aliphatic hydroxyl groups is 1. The zero-order chi connectivity index (χ0) is 10.1. The van der Waals surface area contributed by atoms with Crippen molar-refractivity contribution in [3.8, 4) is 0 Å². The van der Waals surface area contributed by atoms with Crippen molar-refractivity contribution in [2.24, 2.45) is 0 Å². The third-order valence-electron chi connectivity index (χ3n) is 3.36. The fourth-order valence-corrected chi connectivity index (χ4v) is 2.41. The Balaban J connectivity index is 1.80. The Morgan fingerprint density at radius 3 is 2.57 bits per heavy atom. The van der Waals surface area contributed by atoms with Crippen molar-refractivity contribution >= 4 is 0 Å². The average Bonchev–Trinajstić information content (AvgIpc) is 2.90. The van der Waals surface area contributed by atoms with Gasteiger partial charge in [-0.15, -0.1) is 0 Å². The molecule has 14 heavy (non-hydrogen) atoms. The predicted molar refractivity (Wildman–Crippen MR) is 57.3 cm³/mol. The molecule has 1 saturated carbocycles. The Kier molecular flexibility index (Phi) is 3.10. The van der Waals surface area contributed by atoms with E-state index in [4.69, 9.17) is 0 Å². The summed E-state index contributed by atoms with van der Waals surface area (Å²) < 4.78 is 0. The summed E-state index contributed by atoms with van der Waals surface area (Å²) in [4.78, 5) is 5.02. The summed E-state index contributed by atoms with van der Waals surface area (Å²) in [6.07, 6.45) is 2.62. The molecule has 3 nitrogen and oxygen atoms in total. The highest BCUT2D eigenvalue weighted by molar-refractivity contribution is 4.90. The minimum Gasteiger partial charge on any atom is -0.392 e. The monoisotopic (exact) mass is 198 g/mol. The molecule has 2 atom stereocenters. The molecule has 1 heterocycles. The average molecular weight is 198 g/mol. The molecule has 1 N–H and O–H groups in total. The first kappa shape index (κ1) is 10.4. The van der Waals surface area contributed by atoms with Crippen molar-refractivity contribution in [1.29, 1.82) is 0 Å². The highest BCUT2D eigenvalue weighted by atomic mass is 16.3. The van der Waals surface area contributed by atoms with Gasteiger partial charge in [0.05, 0.1) is 6.10 Å². The molecule has 0 aromatic heterocycles. The minimum absolute atomic E-state index is 0.190. The molecular formula is C11H22N2O. The molecule has 1 aliphatic carbocycles. The van der Waals surface area contributed by atoms with E-state index < -0.39 is 0 Å². The van der Waals surface area contributed by atoms with Crippen LogP contribution in [0.15, 0.2) is 0 Å². The van der Waals surface area contributed by atoms with Crippen LogP contribution < -0.4 is 0 Å². The quantitative estimate of drug-likeness (QED) is 0.717. The number of aliphatic hydroxyl groups excluding tert-OH is 1. The number of β-amino-alcohol motifs (C(OH)–C–C–N with tert-alkyl or cyclic N) is 1. The first-order valence-electron chi connectivity index (χ1n) is 5.83. The summed E-state index contributed by atoms with van der Waals surface area (Å²) in [7, 11) is 0. The van der Waals surface area contributed by atoms with Gasteiger partial charge in [-0.2, -0.15) is 0 Å². The summed E-state index contributed by atoms with van der Waals surface area (Å²) in [6.45, 7) is 8.50. The van der Waals surface area contributed by atoms with Gasteiger partial charge in [-0.3, -0.25) is 9.80 Å². The third-order valence-corrected chi connectivity index (χ3v) is 3.36. The van der Waals surface area contributed by atoms with Crippen LogP contribution in [0.4, 0.5) is 0 Å². The lowest BCUT2D eigenvalue weighted by atomic mass is 10.1. The van der Waals surface area contributed by atoms with E-state index in [0.717, 1.165) is 19.1 Å². The van der Waals surface area contributed by atoms with Crippen molar-refractivity contribution in [3.63, 3.8) is 0 Å².